The van der Waals surface area contributed by atoms with Crippen molar-refractivity contribution in [2.24, 2.45) is 0 Å². The summed E-state index contributed by atoms with van der Waals surface area (Å²) in [6.45, 7) is -0.508. The maximum atomic E-state index is 11.8. The molecule has 0 saturated carbocycles. The molecule has 0 aliphatic carbocycles. The molecule has 2 aromatic rings. The first-order chi connectivity index (χ1) is 14.9. The summed E-state index contributed by atoms with van der Waals surface area (Å²) in [5, 5.41) is 42.4. The average molecular weight is 427 g/mol. The molecule has 3 rings (SSSR count). The van der Waals surface area contributed by atoms with Crippen molar-refractivity contribution in [3.8, 4) is 17.6 Å². The van der Waals surface area contributed by atoms with Crippen LogP contribution in [0.1, 0.15) is 33.2 Å². The average Bonchev–Trinajstić information content (AvgIpc) is 2.81. The summed E-state index contributed by atoms with van der Waals surface area (Å²) in [4.78, 5) is 11.8. The zero-order valence-electron chi connectivity index (χ0n) is 17.1. The van der Waals surface area contributed by atoms with Crippen molar-refractivity contribution < 1.29 is 34.7 Å². The lowest BCUT2D eigenvalue weighted by Gasteiger charge is -2.40. The molecule has 1 fully saturated rings. The fraction of sp³-hybridized carbons (Fsp3) is 0.348. The quantitative estimate of drug-likeness (QED) is 0.434. The molecule has 2 aromatic carbocycles. The highest BCUT2D eigenvalue weighted by atomic mass is 16.5. The summed E-state index contributed by atoms with van der Waals surface area (Å²) in [7, 11) is 3.05. The fourth-order valence-corrected chi connectivity index (χ4v) is 3.40. The van der Waals surface area contributed by atoms with Gasteiger partial charge in [0, 0.05) is 18.2 Å². The molecule has 5 atom stereocenters. The molecule has 5 unspecified atom stereocenters. The molecule has 1 saturated heterocycles. The number of carbonyl (C=O) groups excluding carboxylic acids is 1. The van der Waals surface area contributed by atoms with Crippen LogP contribution in [0.15, 0.2) is 42.5 Å². The molecule has 8 nitrogen and oxygen atoms in total. The van der Waals surface area contributed by atoms with E-state index in [1.54, 1.807) is 49.5 Å². The Hall–Kier alpha value is -2.93. The maximum absolute atomic E-state index is 11.8. The number of hydrogen-bond acceptors (Lipinski definition) is 7. The van der Waals surface area contributed by atoms with E-state index in [1.807, 2.05) is 0 Å². The van der Waals surface area contributed by atoms with E-state index in [0.29, 0.717) is 28.0 Å². The van der Waals surface area contributed by atoms with Crippen molar-refractivity contribution in [2.45, 2.75) is 30.5 Å². The van der Waals surface area contributed by atoms with E-state index >= 15 is 0 Å². The van der Waals surface area contributed by atoms with E-state index in [9.17, 15) is 25.2 Å². The molecule has 164 valence electrons. The fourth-order valence-electron chi connectivity index (χ4n) is 3.40. The molecule has 5 N–H and O–H groups in total. The molecule has 1 aliphatic heterocycles. The van der Waals surface area contributed by atoms with Gasteiger partial charge in [-0.15, -0.1) is 0 Å². The number of aliphatic hydroxyl groups is 4. The van der Waals surface area contributed by atoms with Crippen molar-refractivity contribution >= 4 is 5.91 Å². The lowest BCUT2D eigenvalue weighted by atomic mass is 9.90. The van der Waals surface area contributed by atoms with Gasteiger partial charge in [-0.05, 0) is 35.9 Å². The van der Waals surface area contributed by atoms with E-state index in [4.69, 9.17) is 9.47 Å². The first-order valence-corrected chi connectivity index (χ1v) is 9.72. The van der Waals surface area contributed by atoms with Gasteiger partial charge in [0.05, 0.1) is 19.3 Å². The maximum Gasteiger partial charge on any atom is 0.251 e. The predicted octanol–water partition coefficient (Wildman–Crippen LogP) is -0.0305. The first kappa shape index (κ1) is 22.7. The van der Waals surface area contributed by atoms with Gasteiger partial charge in [0.25, 0.3) is 5.91 Å². The summed E-state index contributed by atoms with van der Waals surface area (Å²) in [5.41, 5.74) is 2.11. The second-order valence-electron chi connectivity index (χ2n) is 7.12. The van der Waals surface area contributed by atoms with Crippen molar-refractivity contribution in [2.75, 3.05) is 20.8 Å². The minimum absolute atomic E-state index is 0.217. The minimum Gasteiger partial charge on any atom is -0.495 e. The summed E-state index contributed by atoms with van der Waals surface area (Å²) < 4.78 is 11.0. The van der Waals surface area contributed by atoms with Gasteiger partial charge in [0.2, 0.25) is 0 Å². The zero-order valence-corrected chi connectivity index (χ0v) is 17.1. The molecule has 1 heterocycles. The molecule has 0 spiro atoms. The van der Waals surface area contributed by atoms with Crippen molar-refractivity contribution in [1.82, 2.24) is 5.32 Å². The third kappa shape index (κ3) is 4.88. The van der Waals surface area contributed by atoms with Crippen LogP contribution >= 0.6 is 0 Å². The third-order valence-corrected chi connectivity index (χ3v) is 5.14. The van der Waals surface area contributed by atoms with Crippen LogP contribution in [0.2, 0.25) is 0 Å². The van der Waals surface area contributed by atoms with E-state index in [1.165, 1.54) is 7.11 Å². The smallest absolute Gasteiger partial charge is 0.251 e. The van der Waals surface area contributed by atoms with Crippen molar-refractivity contribution in [3.05, 3.63) is 64.7 Å². The lowest BCUT2D eigenvalue weighted by molar-refractivity contribution is -0.231. The van der Waals surface area contributed by atoms with Gasteiger partial charge >= 0.3 is 0 Å². The Morgan fingerprint density at radius 2 is 1.87 bits per heavy atom. The Labute approximate surface area is 180 Å². The molecular formula is C23H25NO7. The van der Waals surface area contributed by atoms with Crippen LogP contribution < -0.4 is 10.1 Å². The summed E-state index contributed by atoms with van der Waals surface area (Å²) in [5.74, 6) is 6.26. The van der Waals surface area contributed by atoms with Gasteiger partial charge in [0.1, 0.15) is 36.3 Å². The van der Waals surface area contributed by atoms with Crippen LogP contribution in [0.25, 0.3) is 0 Å². The van der Waals surface area contributed by atoms with E-state index in [-0.39, 0.29) is 5.91 Å². The van der Waals surface area contributed by atoms with Gasteiger partial charge < -0.3 is 35.2 Å². The van der Waals surface area contributed by atoms with Gasteiger partial charge in [-0.2, -0.15) is 0 Å². The Kier molecular flexibility index (Phi) is 7.28. The highest BCUT2D eigenvalue weighted by Crippen LogP contribution is 2.34. The minimum atomic E-state index is -1.47. The summed E-state index contributed by atoms with van der Waals surface area (Å²) in [6, 6.07) is 11.8. The van der Waals surface area contributed by atoms with Crippen LogP contribution in [0, 0.1) is 11.8 Å². The van der Waals surface area contributed by atoms with Crippen LogP contribution in [-0.4, -0.2) is 71.5 Å². The third-order valence-electron chi connectivity index (χ3n) is 5.14. The standard InChI is InChI=1S/C23H25NO7/c1-24-23(29)16-5-3-4-13(10-16)6-7-14-11-15(8-9-17(14)30-2)22-21(28)20(27)19(26)18(12-25)31-22/h3-5,8-11,18-22,25-28H,12H2,1-2H3,(H,24,29). The molecule has 1 aliphatic rings. The van der Waals surface area contributed by atoms with Crippen molar-refractivity contribution in [1.29, 1.82) is 0 Å². The Morgan fingerprint density at radius 3 is 2.55 bits per heavy atom. The molecule has 8 heteroatoms. The molecular weight excluding hydrogens is 402 g/mol. The van der Waals surface area contributed by atoms with E-state index in [2.05, 4.69) is 17.2 Å². The SMILES string of the molecule is CNC(=O)c1cccc(C#Cc2cc(C3OC(CO)C(O)C(O)C3O)ccc2OC)c1. The summed E-state index contributed by atoms with van der Waals surface area (Å²) >= 11 is 0. The molecule has 0 aromatic heterocycles. The number of nitrogens with one attached hydrogen (secondary N) is 1. The Balaban J connectivity index is 1.94. The number of ether oxygens (including phenoxy) is 2. The largest absolute Gasteiger partial charge is 0.495 e. The number of benzene rings is 2. The van der Waals surface area contributed by atoms with Crippen molar-refractivity contribution in [3.63, 3.8) is 0 Å². The Morgan fingerprint density at radius 1 is 1.10 bits per heavy atom. The molecule has 1 amide bonds. The number of rotatable bonds is 4. The highest BCUT2D eigenvalue weighted by Gasteiger charge is 2.44. The monoisotopic (exact) mass is 427 g/mol. The van der Waals surface area contributed by atoms with Crippen LogP contribution in [0.3, 0.4) is 0 Å². The normalized spacial score (nSPS) is 25.3. The van der Waals surface area contributed by atoms with E-state index in [0.717, 1.165) is 0 Å². The van der Waals surface area contributed by atoms with Gasteiger partial charge in [0.15, 0.2) is 0 Å². The predicted molar refractivity (Wildman–Crippen MR) is 112 cm³/mol. The molecule has 31 heavy (non-hydrogen) atoms. The van der Waals surface area contributed by atoms with Crippen LogP contribution in [0.4, 0.5) is 0 Å². The molecule has 0 radical (unpaired) electrons. The zero-order chi connectivity index (χ0) is 22.5. The number of hydrogen-bond donors (Lipinski definition) is 5. The lowest BCUT2D eigenvalue weighted by Crippen LogP contribution is -2.55. The van der Waals surface area contributed by atoms with E-state index < -0.39 is 37.1 Å². The Bertz CT molecular complexity index is 995. The van der Waals surface area contributed by atoms with Gasteiger partial charge in [-0.25, -0.2) is 0 Å². The van der Waals surface area contributed by atoms with Gasteiger partial charge in [-0.1, -0.05) is 24.0 Å². The number of methoxy groups -OCH3 is 1. The molecule has 0 bridgehead atoms. The number of carbonyl (C=O) groups is 1. The summed E-state index contributed by atoms with van der Waals surface area (Å²) in [6.07, 6.45) is -6.27. The first-order valence-electron chi connectivity index (χ1n) is 9.72. The second-order valence-corrected chi connectivity index (χ2v) is 7.12. The van der Waals surface area contributed by atoms with Crippen LogP contribution in [0.5, 0.6) is 5.75 Å². The highest BCUT2D eigenvalue weighted by molar-refractivity contribution is 5.94. The van der Waals surface area contributed by atoms with Gasteiger partial charge in [-0.3, -0.25) is 4.79 Å². The number of amides is 1. The topological polar surface area (TPSA) is 128 Å². The number of aliphatic hydroxyl groups excluding tert-OH is 4. The second kappa shape index (κ2) is 9.92. The van der Waals surface area contributed by atoms with Crippen LogP contribution in [-0.2, 0) is 4.74 Å².